The molecule has 0 unspecified atom stereocenters. The van der Waals surface area contributed by atoms with Gasteiger partial charge in [-0.3, -0.25) is 9.36 Å². The van der Waals surface area contributed by atoms with Gasteiger partial charge in [-0.05, 0) is 129 Å². The third-order valence-electron chi connectivity index (χ3n) is 12.6. The SMILES string of the molecule is C[C@H]1CCCCO1.Cc1ccc(N)cc1-c1cc(-c2cnn(C)c2)nc(N2CCOCC2)c1.Cc1ccc(NC(=O)N2CCO[C@@H](C)C2)cc1-c1cc(-c2cnn(C)c2)nc(N2CCOCC2)c1.Cl. The molecule has 4 aromatic heterocycles. The zero-order valence-electron chi connectivity index (χ0n) is 40.9. The van der Waals surface area contributed by atoms with Gasteiger partial charge >= 0.3 is 6.03 Å². The Labute approximate surface area is 412 Å². The molecule has 16 nitrogen and oxygen atoms in total. The summed E-state index contributed by atoms with van der Waals surface area (Å²) in [4.78, 5) is 29.1. The van der Waals surface area contributed by atoms with Crippen LogP contribution in [0.2, 0.25) is 0 Å². The molecule has 4 saturated heterocycles. The van der Waals surface area contributed by atoms with Crippen LogP contribution in [0.3, 0.4) is 0 Å². The number of hydrogen-bond acceptors (Lipinski definition) is 12. The van der Waals surface area contributed by atoms with Gasteiger partial charge in [0.25, 0.3) is 0 Å². The van der Waals surface area contributed by atoms with Crippen LogP contribution < -0.4 is 20.9 Å². The van der Waals surface area contributed by atoms with E-state index in [0.717, 1.165) is 119 Å². The van der Waals surface area contributed by atoms with Crippen molar-refractivity contribution in [2.75, 3.05) is 99.8 Å². The van der Waals surface area contributed by atoms with E-state index in [2.05, 4.69) is 76.4 Å². The Kier molecular flexibility index (Phi) is 17.7. The smallest absolute Gasteiger partial charge is 0.322 e. The van der Waals surface area contributed by atoms with Crippen molar-refractivity contribution in [3.05, 3.63) is 96.6 Å². The van der Waals surface area contributed by atoms with E-state index in [1.165, 1.54) is 24.8 Å². The van der Waals surface area contributed by atoms with Gasteiger partial charge in [-0.25, -0.2) is 14.8 Å². The van der Waals surface area contributed by atoms with E-state index < -0.39 is 0 Å². The van der Waals surface area contributed by atoms with Crippen molar-refractivity contribution in [1.82, 2.24) is 34.4 Å². The van der Waals surface area contributed by atoms with Crippen LogP contribution in [0.15, 0.2) is 85.5 Å². The second kappa shape index (κ2) is 24.0. The predicted octanol–water partition coefficient (Wildman–Crippen LogP) is 8.42. The molecule has 17 heteroatoms. The number of ether oxygens (including phenoxy) is 4. The van der Waals surface area contributed by atoms with Gasteiger partial charge in [0.2, 0.25) is 0 Å². The fourth-order valence-electron chi connectivity index (χ4n) is 8.72. The van der Waals surface area contributed by atoms with Crippen molar-refractivity contribution in [3.63, 3.8) is 0 Å². The molecule has 4 aliphatic rings. The molecule has 0 aliphatic carbocycles. The number of morpholine rings is 3. The zero-order valence-corrected chi connectivity index (χ0v) is 41.7. The molecule has 69 heavy (non-hydrogen) atoms. The number of rotatable bonds is 7. The summed E-state index contributed by atoms with van der Waals surface area (Å²) in [5.41, 5.74) is 18.0. The molecule has 0 spiro atoms. The Morgan fingerprint density at radius 3 is 1.65 bits per heavy atom. The van der Waals surface area contributed by atoms with E-state index in [4.69, 9.17) is 34.6 Å². The number of pyridine rings is 2. The summed E-state index contributed by atoms with van der Waals surface area (Å²) in [6.45, 7) is 17.2. The van der Waals surface area contributed by atoms with Gasteiger partial charge in [0, 0.05) is 94.9 Å². The average molecular weight is 963 g/mol. The maximum atomic E-state index is 12.9. The van der Waals surface area contributed by atoms with Gasteiger partial charge in [0.05, 0.1) is 69.0 Å². The van der Waals surface area contributed by atoms with Crippen LogP contribution in [-0.4, -0.2) is 132 Å². The average Bonchev–Trinajstić information content (AvgIpc) is 4.01. The zero-order chi connectivity index (χ0) is 47.6. The molecular formula is C52H68ClN11O5. The molecule has 4 fully saturated rings. The van der Waals surface area contributed by atoms with Crippen molar-refractivity contribution in [2.45, 2.75) is 59.2 Å². The van der Waals surface area contributed by atoms with Gasteiger partial charge in [0.1, 0.15) is 11.6 Å². The van der Waals surface area contributed by atoms with E-state index in [-0.39, 0.29) is 24.5 Å². The molecule has 4 aliphatic heterocycles. The number of halogens is 1. The number of carbonyl (C=O) groups is 1. The summed E-state index contributed by atoms with van der Waals surface area (Å²) in [5, 5.41) is 11.7. The van der Waals surface area contributed by atoms with Crippen molar-refractivity contribution >= 4 is 41.4 Å². The summed E-state index contributed by atoms with van der Waals surface area (Å²) in [6, 6.07) is 20.4. The largest absolute Gasteiger partial charge is 0.399 e. The molecule has 10 rings (SSSR count). The Bertz CT molecular complexity index is 2620. The van der Waals surface area contributed by atoms with Gasteiger partial charge in [-0.2, -0.15) is 10.2 Å². The van der Waals surface area contributed by atoms with Crippen LogP contribution in [0, 0.1) is 13.8 Å². The topological polar surface area (TPSA) is 163 Å². The number of aromatic nitrogens is 6. The third kappa shape index (κ3) is 13.6. The minimum Gasteiger partial charge on any atom is -0.399 e. The first-order chi connectivity index (χ1) is 32.9. The Balaban J connectivity index is 0.000000181. The molecule has 6 aromatic rings. The molecule has 368 valence electrons. The lowest BCUT2D eigenvalue weighted by Crippen LogP contribution is -2.46. The summed E-state index contributed by atoms with van der Waals surface area (Å²) >= 11 is 0. The number of hydrogen-bond donors (Lipinski definition) is 2. The second-order valence-corrected chi connectivity index (χ2v) is 18.0. The number of nitrogens with one attached hydrogen (secondary N) is 1. The highest BCUT2D eigenvalue weighted by Gasteiger charge is 2.23. The van der Waals surface area contributed by atoms with Crippen LogP contribution in [0.5, 0.6) is 0 Å². The standard InChI is InChI=1S/C26H32N6O3.C20H23N5O.C6H12O.ClH/c1-18-4-5-22(28-26(33)32-8-11-35-19(2)16-32)14-23(18)20-12-24(21-15-27-30(3)17-21)29-25(13-20)31-6-9-34-10-7-31;1-14-3-4-17(21)11-18(14)15-9-19(16-12-22-24(2)13-16)23-20(10-15)25-5-7-26-8-6-25;1-6-4-2-3-5-7-6;/h4-5,12-15,17,19H,6-11,16H2,1-3H3,(H,28,33);3-4,9-13H,5-8,21H2,1-2H3;6H,2-5H2,1H3;1H/t19-;;6-;/m0.0./s1. The second-order valence-electron chi connectivity index (χ2n) is 18.0. The number of amides is 2. The van der Waals surface area contributed by atoms with Crippen molar-refractivity contribution < 1.29 is 23.7 Å². The molecule has 2 amide bonds. The first kappa shape index (κ1) is 50.8. The van der Waals surface area contributed by atoms with Crippen molar-refractivity contribution in [2.24, 2.45) is 14.1 Å². The lowest BCUT2D eigenvalue weighted by atomic mass is 9.98. The Morgan fingerprint density at radius 1 is 0.638 bits per heavy atom. The summed E-state index contributed by atoms with van der Waals surface area (Å²) < 4.78 is 25.5. The predicted molar refractivity (Wildman–Crippen MR) is 276 cm³/mol. The van der Waals surface area contributed by atoms with Crippen molar-refractivity contribution in [1.29, 1.82) is 0 Å². The molecule has 2 atom stereocenters. The maximum absolute atomic E-state index is 12.9. The van der Waals surface area contributed by atoms with Crippen LogP contribution in [0.1, 0.15) is 44.2 Å². The van der Waals surface area contributed by atoms with E-state index in [9.17, 15) is 4.79 Å². The molecular weight excluding hydrogens is 894 g/mol. The highest BCUT2D eigenvalue weighted by Crippen LogP contribution is 2.34. The highest BCUT2D eigenvalue weighted by atomic mass is 35.5. The first-order valence-corrected chi connectivity index (χ1v) is 23.9. The van der Waals surface area contributed by atoms with Gasteiger partial charge in [0.15, 0.2) is 0 Å². The number of anilines is 4. The fourth-order valence-corrected chi connectivity index (χ4v) is 8.72. The minimum atomic E-state index is -0.102. The first-order valence-electron chi connectivity index (χ1n) is 23.9. The summed E-state index contributed by atoms with van der Waals surface area (Å²) in [7, 11) is 3.82. The number of benzene rings is 2. The van der Waals surface area contributed by atoms with Gasteiger partial charge in [-0.15, -0.1) is 12.4 Å². The van der Waals surface area contributed by atoms with E-state index in [1.54, 1.807) is 14.3 Å². The third-order valence-corrected chi connectivity index (χ3v) is 12.6. The van der Waals surface area contributed by atoms with Crippen LogP contribution >= 0.6 is 12.4 Å². The molecule has 0 saturated carbocycles. The maximum Gasteiger partial charge on any atom is 0.322 e. The normalized spacial score (nSPS) is 18.3. The van der Waals surface area contributed by atoms with Crippen LogP contribution in [-0.2, 0) is 33.0 Å². The number of nitrogen functional groups attached to an aromatic ring is 1. The van der Waals surface area contributed by atoms with E-state index >= 15 is 0 Å². The van der Waals surface area contributed by atoms with E-state index in [1.807, 2.05) is 76.1 Å². The lowest BCUT2D eigenvalue weighted by molar-refractivity contribution is -0.00138. The molecule has 2 aromatic carbocycles. The quantitative estimate of drug-likeness (QED) is 0.147. The van der Waals surface area contributed by atoms with Gasteiger partial charge in [-0.1, -0.05) is 12.1 Å². The molecule has 3 N–H and O–H groups in total. The summed E-state index contributed by atoms with van der Waals surface area (Å²) in [5.74, 6) is 1.88. The van der Waals surface area contributed by atoms with Crippen molar-refractivity contribution in [3.8, 4) is 44.8 Å². The number of nitrogens with two attached hydrogens (primary N) is 1. The Morgan fingerprint density at radius 2 is 1.17 bits per heavy atom. The van der Waals surface area contributed by atoms with Gasteiger partial charge < -0.3 is 44.7 Å². The molecule has 8 heterocycles. The van der Waals surface area contributed by atoms with Crippen LogP contribution in [0.25, 0.3) is 44.8 Å². The number of nitrogens with zero attached hydrogens (tertiary/aromatic N) is 9. The monoisotopic (exact) mass is 962 g/mol. The molecule has 0 bridgehead atoms. The molecule has 0 radical (unpaired) electrons. The number of carbonyl (C=O) groups excluding carboxylic acids is 1. The fraction of sp³-hybridized carbons (Fsp3) is 0.442. The summed E-state index contributed by atoms with van der Waals surface area (Å²) in [6.07, 6.45) is 12.1. The number of urea groups is 1. The minimum absolute atomic E-state index is 0. The lowest BCUT2D eigenvalue weighted by Gasteiger charge is -2.31. The highest BCUT2D eigenvalue weighted by molar-refractivity contribution is 5.91. The Hall–Kier alpha value is -6.04. The van der Waals surface area contributed by atoms with Crippen LogP contribution in [0.4, 0.5) is 27.8 Å². The number of aryl methyl sites for hydroxylation is 4. The van der Waals surface area contributed by atoms with E-state index in [0.29, 0.717) is 39.0 Å².